The number of carbonyl (C=O) groups excluding carboxylic acids is 2. The monoisotopic (exact) mass is 322 g/mol. The van der Waals surface area contributed by atoms with Crippen LogP contribution in [0.25, 0.3) is 0 Å². The molecule has 2 unspecified atom stereocenters. The molecule has 0 radical (unpaired) electrons. The van der Waals surface area contributed by atoms with Crippen LogP contribution in [0.2, 0.25) is 0 Å². The van der Waals surface area contributed by atoms with Gasteiger partial charge in [-0.05, 0) is 0 Å². The van der Waals surface area contributed by atoms with Gasteiger partial charge in [0.05, 0.1) is 14.2 Å². The van der Waals surface area contributed by atoms with E-state index in [1.807, 2.05) is 0 Å². The predicted molar refractivity (Wildman–Crippen MR) is 71.7 cm³/mol. The molecule has 4 N–H and O–H groups in total. The Bertz CT molecular complexity index is 363. The molecule has 126 valence electrons. The lowest BCUT2D eigenvalue weighted by Crippen LogP contribution is -2.39. The van der Waals surface area contributed by atoms with Crippen molar-refractivity contribution in [2.24, 2.45) is 0 Å². The molecule has 0 rings (SSSR count). The summed E-state index contributed by atoms with van der Waals surface area (Å²) in [6.07, 6.45) is -2.31. The summed E-state index contributed by atoms with van der Waals surface area (Å²) >= 11 is 0. The number of carbonyl (C=O) groups is 4. The van der Waals surface area contributed by atoms with Gasteiger partial charge in [0.1, 0.15) is 0 Å². The Kier molecular flexibility index (Phi) is 16.2. The Morgan fingerprint density at radius 1 is 0.818 bits per heavy atom. The van der Waals surface area contributed by atoms with Gasteiger partial charge in [-0.3, -0.25) is 0 Å². The molecule has 10 heteroatoms. The van der Waals surface area contributed by atoms with E-state index in [1.165, 1.54) is 14.2 Å². The molecule has 0 heterocycles. The number of aliphatic hydroxyl groups excluding tert-OH is 2. The normalized spacial score (nSPS) is 10.9. The van der Waals surface area contributed by atoms with E-state index in [4.69, 9.17) is 20.4 Å². The third-order valence-electron chi connectivity index (χ3n) is 1.54. The summed E-state index contributed by atoms with van der Waals surface area (Å²) in [6.45, 7) is 6.31. The van der Waals surface area contributed by atoms with Gasteiger partial charge in [0.2, 0.25) is 0 Å². The standard InChI is InChI=1S/C4H6O6.2C4H6O2/c5-1(3(7)8)2(6)4(9)10;2*1-3-4(5)6-2/h1-2,5-6H,(H,7,8)(H,9,10);2*3H,1H2,2H3. The van der Waals surface area contributed by atoms with Crippen molar-refractivity contribution in [3.63, 3.8) is 0 Å². The molecule has 2 atom stereocenters. The van der Waals surface area contributed by atoms with Crippen LogP contribution in [0.5, 0.6) is 0 Å². The highest BCUT2D eigenvalue weighted by molar-refractivity contribution is 5.83. The van der Waals surface area contributed by atoms with Gasteiger partial charge in [0, 0.05) is 12.2 Å². The van der Waals surface area contributed by atoms with Crippen molar-refractivity contribution in [2.45, 2.75) is 12.2 Å². The van der Waals surface area contributed by atoms with Crippen molar-refractivity contribution in [1.29, 1.82) is 0 Å². The maximum Gasteiger partial charge on any atom is 0.335 e. The minimum atomic E-state index is -2.27. The van der Waals surface area contributed by atoms with Crippen LogP contribution in [0.4, 0.5) is 0 Å². The molecule has 0 aromatic heterocycles. The van der Waals surface area contributed by atoms with Crippen molar-refractivity contribution in [2.75, 3.05) is 14.2 Å². The predicted octanol–water partition coefficient (Wildman–Crippen LogP) is -1.43. The molecule has 0 saturated heterocycles. The van der Waals surface area contributed by atoms with Crippen LogP contribution in [0.15, 0.2) is 25.3 Å². The minimum absolute atomic E-state index is 0.394. The second-order valence-corrected chi connectivity index (χ2v) is 3.02. The lowest BCUT2D eigenvalue weighted by Gasteiger charge is -2.07. The smallest absolute Gasteiger partial charge is 0.335 e. The van der Waals surface area contributed by atoms with Crippen LogP contribution in [0, 0.1) is 0 Å². The lowest BCUT2D eigenvalue weighted by atomic mass is 10.2. The number of carboxylic acid groups (broad SMARTS) is 2. The first-order chi connectivity index (χ1) is 10.1. The van der Waals surface area contributed by atoms with E-state index in [0.717, 1.165) is 12.2 Å². The van der Waals surface area contributed by atoms with Crippen molar-refractivity contribution in [3.8, 4) is 0 Å². The highest BCUT2D eigenvalue weighted by Crippen LogP contribution is 1.92. The van der Waals surface area contributed by atoms with E-state index in [-0.39, 0.29) is 0 Å². The maximum absolute atomic E-state index is 9.84. The molecule has 0 bridgehead atoms. The molecule has 0 aromatic carbocycles. The van der Waals surface area contributed by atoms with E-state index >= 15 is 0 Å². The van der Waals surface area contributed by atoms with Gasteiger partial charge in [-0.15, -0.1) is 0 Å². The van der Waals surface area contributed by atoms with Gasteiger partial charge in [0.25, 0.3) is 0 Å². The fourth-order valence-corrected chi connectivity index (χ4v) is 0.437. The Morgan fingerprint density at radius 3 is 1.09 bits per heavy atom. The van der Waals surface area contributed by atoms with Crippen LogP contribution < -0.4 is 0 Å². The van der Waals surface area contributed by atoms with Crippen LogP contribution in [-0.2, 0) is 28.7 Å². The molecule has 0 spiro atoms. The minimum Gasteiger partial charge on any atom is -0.479 e. The van der Waals surface area contributed by atoms with E-state index in [2.05, 4.69) is 22.6 Å². The fourth-order valence-electron chi connectivity index (χ4n) is 0.437. The third-order valence-corrected chi connectivity index (χ3v) is 1.54. The van der Waals surface area contributed by atoms with E-state index in [1.54, 1.807) is 0 Å². The Hall–Kier alpha value is -2.72. The Morgan fingerprint density at radius 2 is 1.05 bits per heavy atom. The van der Waals surface area contributed by atoms with Gasteiger partial charge < -0.3 is 29.9 Å². The maximum atomic E-state index is 9.84. The zero-order valence-electron chi connectivity index (χ0n) is 12.0. The molecule has 0 amide bonds. The largest absolute Gasteiger partial charge is 0.479 e. The second kappa shape index (κ2) is 14.7. The number of hydrogen-bond donors (Lipinski definition) is 4. The summed E-state index contributed by atoms with van der Waals surface area (Å²) in [4.78, 5) is 39.2. The van der Waals surface area contributed by atoms with E-state index in [9.17, 15) is 19.2 Å². The summed E-state index contributed by atoms with van der Waals surface area (Å²) in [5.74, 6) is -4.32. The first-order valence-electron chi connectivity index (χ1n) is 5.31. The Labute approximate surface area is 125 Å². The van der Waals surface area contributed by atoms with Gasteiger partial charge in [0.15, 0.2) is 12.2 Å². The van der Waals surface area contributed by atoms with Crippen molar-refractivity contribution >= 4 is 23.9 Å². The topological polar surface area (TPSA) is 168 Å². The summed E-state index contributed by atoms with van der Waals surface area (Å²) in [5.41, 5.74) is 0. The number of carboxylic acids is 2. The summed E-state index contributed by atoms with van der Waals surface area (Å²) in [5, 5.41) is 32.5. The van der Waals surface area contributed by atoms with Crippen LogP contribution in [0.1, 0.15) is 0 Å². The van der Waals surface area contributed by atoms with Gasteiger partial charge in [-0.2, -0.15) is 0 Å². The molecule has 0 aliphatic carbocycles. The number of hydrogen-bond acceptors (Lipinski definition) is 8. The lowest BCUT2D eigenvalue weighted by molar-refractivity contribution is -0.165. The number of aliphatic carboxylic acids is 2. The zero-order chi connectivity index (χ0) is 18.3. The zero-order valence-corrected chi connectivity index (χ0v) is 12.0. The van der Waals surface area contributed by atoms with Crippen molar-refractivity contribution < 1.29 is 49.1 Å². The van der Waals surface area contributed by atoms with E-state index in [0.29, 0.717) is 0 Å². The SMILES string of the molecule is C=CC(=O)OC.C=CC(=O)OC.O=C(O)C(O)C(O)C(=O)O. The average Bonchev–Trinajstić information content (AvgIpc) is 2.52. The highest BCUT2D eigenvalue weighted by Gasteiger charge is 2.29. The molecule has 10 nitrogen and oxygen atoms in total. The summed E-state index contributed by atoms with van der Waals surface area (Å²) < 4.78 is 8.28. The molecule has 0 saturated carbocycles. The van der Waals surface area contributed by atoms with Gasteiger partial charge in [-0.1, -0.05) is 13.2 Å². The fraction of sp³-hybridized carbons (Fsp3) is 0.333. The van der Waals surface area contributed by atoms with Crippen LogP contribution >= 0.6 is 0 Å². The number of esters is 2. The first-order valence-corrected chi connectivity index (χ1v) is 5.31. The average molecular weight is 322 g/mol. The summed E-state index contributed by atoms with van der Waals surface area (Å²) in [7, 11) is 2.62. The quantitative estimate of drug-likeness (QED) is 0.348. The highest BCUT2D eigenvalue weighted by atomic mass is 16.5. The van der Waals surface area contributed by atoms with Crippen molar-refractivity contribution in [1.82, 2.24) is 0 Å². The van der Waals surface area contributed by atoms with Gasteiger partial charge in [-0.25, -0.2) is 19.2 Å². The molecular formula is C12H18O10. The Balaban J connectivity index is -0.000000261. The second-order valence-electron chi connectivity index (χ2n) is 3.02. The molecule has 22 heavy (non-hydrogen) atoms. The van der Waals surface area contributed by atoms with Crippen LogP contribution in [-0.4, -0.2) is 70.7 Å². The molecular weight excluding hydrogens is 304 g/mol. The summed E-state index contributed by atoms with van der Waals surface area (Å²) in [6, 6.07) is 0. The number of methoxy groups -OCH3 is 2. The number of rotatable bonds is 5. The molecule has 0 aliphatic rings. The number of aliphatic hydroxyl groups is 2. The third kappa shape index (κ3) is 15.3. The van der Waals surface area contributed by atoms with E-state index < -0.39 is 36.1 Å². The first kappa shape index (κ1) is 24.3. The number of ether oxygens (including phenoxy) is 2. The van der Waals surface area contributed by atoms with Crippen LogP contribution in [0.3, 0.4) is 0 Å². The van der Waals surface area contributed by atoms with Gasteiger partial charge >= 0.3 is 23.9 Å². The van der Waals surface area contributed by atoms with Crippen molar-refractivity contribution in [3.05, 3.63) is 25.3 Å². The molecule has 0 aliphatic heterocycles. The molecule has 0 fully saturated rings. The molecule has 0 aromatic rings.